The summed E-state index contributed by atoms with van der Waals surface area (Å²) in [7, 11) is 0. The van der Waals surface area contributed by atoms with E-state index >= 15 is 0 Å². The molecular formula is C16H29N3S. The molecule has 1 aliphatic rings. The molecular weight excluding hydrogens is 266 g/mol. The Morgan fingerprint density at radius 3 is 2.65 bits per heavy atom. The summed E-state index contributed by atoms with van der Waals surface area (Å²) in [6.07, 6.45) is 6.33. The van der Waals surface area contributed by atoms with Crippen molar-refractivity contribution in [2.24, 2.45) is 5.92 Å². The minimum Gasteiger partial charge on any atom is -0.348 e. The van der Waals surface area contributed by atoms with Crippen molar-refractivity contribution in [1.82, 2.24) is 10.3 Å². The van der Waals surface area contributed by atoms with Crippen LogP contribution in [0.15, 0.2) is 0 Å². The minimum absolute atomic E-state index is 0.928. The Morgan fingerprint density at radius 2 is 2.05 bits per heavy atom. The number of aryl methyl sites for hydroxylation is 1. The smallest absolute Gasteiger partial charge is 0.185 e. The molecule has 4 heteroatoms. The monoisotopic (exact) mass is 295 g/mol. The molecule has 0 amide bonds. The lowest BCUT2D eigenvalue weighted by Crippen LogP contribution is -2.26. The van der Waals surface area contributed by atoms with E-state index in [0.717, 1.165) is 32.0 Å². The molecule has 0 aliphatic heterocycles. The number of hydrogen-bond donors (Lipinski definition) is 1. The molecule has 1 aliphatic carbocycles. The first-order chi connectivity index (χ1) is 9.78. The van der Waals surface area contributed by atoms with Gasteiger partial charge in [0.1, 0.15) is 0 Å². The quantitative estimate of drug-likeness (QED) is 0.711. The van der Waals surface area contributed by atoms with Crippen LogP contribution in [0, 0.1) is 5.92 Å². The van der Waals surface area contributed by atoms with E-state index in [9.17, 15) is 0 Å². The second kappa shape index (κ2) is 7.99. The molecule has 0 saturated heterocycles. The van der Waals surface area contributed by atoms with E-state index in [4.69, 9.17) is 4.98 Å². The van der Waals surface area contributed by atoms with Crippen LogP contribution in [0.25, 0.3) is 0 Å². The summed E-state index contributed by atoms with van der Waals surface area (Å²) < 4.78 is 0. The van der Waals surface area contributed by atoms with Crippen molar-refractivity contribution < 1.29 is 0 Å². The van der Waals surface area contributed by atoms with Gasteiger partial charge < -0.3 is 10.2 Å². The summed E-state index contributed by atoms with van der Waals surface area (Å²) in [6, 6.07) is 0. The van der Waals surface area contributed by atoms with Gasteiger partial charge >= 0.3 is 0 Å². The SMILES string of the molecule is CCCc1nc(N(CCC)CC2CC2)sc1CNCC. The lowest BCUT2D eigenvalue weighted by Gasteiger charge is -2.20. The first kappa shape index (κ1) is 15.8. The molecule has 0 aromatic carbocycles. The molecule has 0 spiro atoms. The molecule has 2 rings (SSSR count). The summed E-state index contributed by atoms with van der Waals surface area (Å²) in [5.41, 5.74) is 1.32. The Balaban J connectivity index is 2.10. The molecule has 0 bridgehead atoms. The minimum atomic E-state index is 0.928. The van der Waals surface area contributed by atoms with Crippen molar-refractivity contribution in [2.45, 2.75) is 59.4 Å². The van der Waals surface area contributed by atoms with E-state index in [1.54, 1.807) is 0 Å². The van der Waals surface area contributed by atoms with Crippen LogP contribution in [0.4, 0.5) is 5.13 Å². The van der Waals surface area contributed by atoms with Gasteiger partial charge in [-0.1, -0.05) is 27.2 Å². The summed E-state index contributed by atoms with van der Waals surface area (Å²) >= 11 is 1.91. The van der Waals surface area contributed by atoms with Gasteiger partial charge in [0.25, 0.3) is 0 Å². The van der Waals surface area contributed by atoms with E-state index in [1.807, 2.05) is 11.3 Å². The van der Waals surface area contributed by atoms with Crippen LogP contribution in [-0.4, -0.2) is 24.6 Å². The maximum absolute atomic E-state index is 4.96. The molecule has 1 heterocycles. The lowest BCUT2D eigenvalue weighted by atomic mass is 10.2. The van der Waals surface area contributed by atoms with Crippen LogP contribution in [0.5, 0.6) is 0 Å². The molecule has 0 unspecified atom stereocenters. The summed E-state index contributed by atoms with van der Waals surface area (Å²) in [4.78, 5) is 8.93. The largest absolute Gasteiger partial charge is 0.348 e. The van der Waals surface area contributed by atoms with Gasteiger partial charge in [-0.15, -0.1) is 11.3 Å². The second-order valence-electron chi connectivity index (χ2n) is 5.79. The standard InChI is InChI=1S/C16H29N3S/c1-4-7-14-15(11-17-6-3)20-16(18-14)19(10-5-2)12-13-8-9-13/h13,17H,4-12H2,1-3H3. The van der Waals surface area contributed by atoms with Gasteiger partial charge in [-0.25, -0.2) is 4.98 Å². The summed E-state index contributed by atoms with van der Waals surface area (Å²) in [6.45, 7) is 11.0. The number of rotatable bonds is 10. The molecule has 1 saturated carbocycles. The number of anilines is 1. The predicted molar refractivity (Wildman–Crippen MR) is 88.7 cm³/mol. The fourth-order valence-corrected chi connectivity index (χ4v) is 3.57. The molecule has 114 valence electrons. The van der Waals surface area contributed by atoms with Crippen LogP contribution in [0.2, 0.25) is 0 Å². The third kappa shape index (κ3) is 4.45. The van der Waals surface area contributed by atoms with E-state index in [-0.39, 0.29) is 0 Å². The third-order valence-electron chi connectivity index (χ3n) is 3.73. The van der Waals surface area contributed by atoms with Crippen molar-refractivity contribution in [1.29, 1.82) is 0 Å². The van der Waals surface area contributed by atoms with Gasteiger partial charge in [0.15, 0.2) is 5.13 Å². The number of thiazole rings is 1. The average molecular weight is 295 g/mol. The van der Waals surface area contributed by atoms with Crippen molar-refractivity contribution in [3.8, 4) is 0 Å². The zero-order chi connectivity index (χ0) is 14.4. The Bertz CT molecular complexity index is 398. The van der Waals surface area contributed by atoms with Crippen LogP contribution in [0.1, 0.15) is 57.0 Å². The molecule has 20 heavy (non-hydrogen) atoms. The first-order valence-electron chi connectivity index (χ1n) is 8.22. The third-order valence-corrected chi connectivity index (χ3v) is 4.89. The van der Waals surface area contributed by atoms with Gasteiger partial charge in [0.2, 0.25) is 0 Å². The number of hydrogen-bond acceptors (Lipinski definition) is 4. The molecule has 1 fully saturated rings. The van der Waals surface area contributed by atoms with Gasteiger partial charge in [0.05, 0.1) is 5.69 Å². The van der Waals surface area contributed by atoms with Crippen LogP contribution in [0.3, 0.4) is 0 Å². The van der Waals surface area contributed by atoms with Crippen molar-refractivity contribution in [3.63, 3.8) is 0 Å². The molecule has 1 aromatic rings. The fourth-order valence-electron chi connectivity index (χ4n) is 2.46. The van der Waals surface area contributed by atoms with Crippen LogP contribution < -0.4 is 10.2 Å². The van der Waals surface area contributed by atoms with E-state index in [0.29, 0.717) is 0 Å². The summed E-state index contributed by atoms with van der Waals surface area (Å²) in [5, 5.41) is 4.71. The zero-order valence-electron chi connectivity index (χ0n) is 13.2. The zero-order valence-corrected chi connectivity index (χ0v) is 14.1. The maximum atomic E-state index is 4.96. The maximum Gasteiger partial charge on any atom is 0.185 e. The van der Waals surface area contributed by atoms with Gasteiger partial charge in [-0.2, -0.15) is 0 Å². The number of aromatic nitrogens is 1. The van der Waals surface area contributed by atoms with Gasteiger partial charge in [-0.05, 0) is 38.1 Å². The number of nitrogens with one attached hydrogen (secondary N) is 1. The van der Waals surface area contributed by atoms with Crippen LogP contribution >= 0.6 is 11.3 Å². The summed E-state index contributed by atoms with van der Waals surface area (Å²) in [5.74, 6) is 0.928. The molecule has 3 nitrogen and oxygen atoms in total. The highest BCUT2D eigenvalue weighted by atomic mass is 32.1. The van der Waals surface area contributed by atoms with Gasteiger partial charge in [0, 0.05) is 24.5 Å². The highest BCUT2D eigenvalue weighted by Crippen LogP contribution is 2.34. The van der Waals surface area contributed by atoms with Gasteiger partial charge in [-0.3, -0.25) is 0 Å². The molecule has 1 N–H and O–H groups in total. The fraction of sp³-hybridized carbons (Fsp3) is 0.812. The highest BCUT2D eigenvalue weighted by Gasteiger charge is 2.26. The van der Waals surface area contributed by atoms with E-state index in [1.165, 1.54) is 47.9 Å². The van der Waals surface area contributed by atoms with Crippen molar-refractivity contribution in [2.75, 3.05) is 24.5 Å². The van der Waals surface area contributed by atoms with Crippen molar-refractivity contribution >= 4 is 16.5 Å². The Morgan fingerprint density at radius 1 is 1.25 bits per heavy atom. The Labute approximate surface area is 127 Å². The normalized spacial score (nSPS) is 14.8. The molecule has 0 radical (unpaired) electrons. The second-order valence-corrected chi connectivity index (χ2v) is 6.85. The topological polar surface area (TPSA) is 28.2 Å². The first-order valence-corrected chi connectivity index (χ1v) is 9.04. The predicted octanol–water partition coefficient (Wildman–Crippen LogP) is 3.83. The van der Waals surface area contributed by atoms with E-state index < -0.39 is 0 Å². The van der Waals surface area contributed by atoms with Crippen LogP contribution in [-0.2, 0) is 13.0 Å². The highest BCUT2D eigenvalue weighted by molar-refractivity contribution is 7.15. The average Bonchev–Trinajstić information content (AvgIpc) is 3.17. The Kier molecular flexibility index (Phi) is 6.30. The molecule has 0 atom stereocenters. The molecule has 1 aromatic heterocycles. The number of nitrogens with zero attached hydrogens (tertiary/aromatic N) is 2. The van der Waals surface area contributed by atoms with E-state index in [2.05, 4.69) is 31.0 Å². The van der Waals surface area contributed by atoms with Crippen molar-refractivity contribution in [3.05, 3.63) is 10.6 Å². The lowest BCUT2D eigenvalue weighted by molar-refractivity contribution is 0.702. The Hall–Kier alpha value is -0.610.